The summed E-state index contributed by atoms with van der Waals surface area (Å²) in [5, 5.41) is 4.37. The monoisotopic (exact) mass is 437 g/mol. The number of anilines is 1. The Labute approximate surface area is 182 Å². The third-order valence-corrected chi connectivity index (χ3v) is 6.86. The molecule has 0 radical (unpaired) electrons. The van der Waals surface area contributed by atoms with Gasteiger partial charge >= 0.3 is 13.3 Å². The summed E-state index contributed by atoms with van der Waals surface area (Å²) in [6.45, 7) is 8.83. The van der Waals surface area contributed by atoms with Crippen LogP contribution < -0.4 is 10.8 Å². The summed E-state index contributed by atoms with van der Waals surface area (Å²) in [6.07, 6.45) is -0.816. The molecular formula is C22H31BF3N3O2. The number of hydrogen-bond donors (Lipinski definition) is 1. The third-order valence-electron chi connectivity index (χ3n) is 6.86. The van der Waals surface area contributed by atoms with Gasteiger partial charge in [-0.2, -0.15) is 13.2 Å². The van der Waals surface area contributed by atoms with E-state index in [1.54, 1.807) is 12.1 Å². The summed E-state index contributed by atoms with van der Waals surface area (Å²) in [5.74, 6) is 0. The molecule has 2 aromatic rings. The van der Waals surface area contributed by atoms with Crippen LogP contribution in [0.3, 0.4) is 0 Å². The largest absolute Gasteiger partial charge is 0.494 e. The Morgan fingerprint density at radius 3 is 2.29 bits per heavy atom. The Bertz CT molecular complexity index is 933. The molecule has 3 heterocycles. The summed E-state index contributed by atoms with van der Waals surface area (Å²) >= 11 is 0. The molecule has 0 bridgehead atoms. The SMILES string of the molecule is CN1CCC(Nc2cc(B3OC(C)(C)C(C)(C)O3)cc3c2ccn3CC(F)(F)F)CC1. The lowest BCUT2D eigenvalue weighted by Gasteiger charge is -2.32. The highest BCUT2D eigenvalue weighted by atomic mass is 19.4. The van der Waals surface area contributed by atoms with Gasteiger partial charge in [-0.25, -0.2) is 0 Å². The summed E-state index contributed by atoms with van der Waals surface area (Å²) in [4.78, 5) is 2.29. The van der Waals surface area contributed by atoms with Gasteiger partial charge in [0.25, 0.3) is 0 Å². The molecule has 1 aromatic carbocycles. The molecule has 0 spiro atoms. The van der Waals surface area contributed by atoms with Gasteiger partial charge < -0.3 is 24.1 Å². The summed E-state index contributed by atoms with van der Waals surface area (Å²) in [7, 11) is 1.46. The second-order valence-electron chi connectivity index (χ2n) is 9.87. The third kappa shape index (κ3) is 4.59. The van der Waals surface area contributed by atoms with Gasteiger partial charge in [0, 0.05) is 23.3 Å². The number of aromatic nitrogens is 1. The van der Waals surface area contributed by atoms with Crippen molar-refractivity contribution in [1.29, 1.82) is 0 Å². The molecule has 4 rings (SSSR count). The van der Waals surface area contributed by atoms with Crippen molar-refractivity contribution in [3.63, 3.8) is 0 Å². The van der Waals surface area contributed by atoms with Crippen LogP contribution in [-0.4, -0.2) is 60.1 Å². The fourth-order valence-electron chi connectivity index (χ4n) is 4.26. The van der Waals surface area contributed by atoms with Crippen LogP contribution in [0.1, 0.15) is 40.5 Å². The van der Waals surface area contributed by atoms with Crippen molar-refractivity contribution in [2.24, 2.45) is 0 Å². The smallest absolute Gasteiger partial charge is 0.399 e. The zero-order valence-corrected chi connectivity index (χ0v) is 18.8. The predicted octanol–water partition coefficient (Wildman–Crippen LogP) is 4.01. The number of fused-ring (bicyclic) bond motifs is 1. The maximum Gasteiger partial charge on any atom is 0.494 e. The molecule has 170 valence electrons. The lowest BCUT2D eigenvalue weighted by Crippen LogP contribution is -2.41. The Kier molecular flexibility index (Phi) is 5.59. The molecule has 2 saturated heterocycles. The molecule has 2 aliphatic rings. The van der Waals surface area contributed by atoms with Crippen LogP contribution in [0.4, 0.5) is 18.9 Å². The maximum atomic E-state index is 13.2. The van der Waals surface area contributed by atoms with Crippen molar-refractivity contribution in [3.8, 4) is 0 Å². The number of halogens is 3. The zero-order valence-electron chi connectivity index (χ0n) is 18.8. The van der Waals surface area contributed by atoms with Crippen molar-refractivity contribution in [2.45, 2.75) is 70.5 Å². The van der Waals surface area contributed by atoms with Gasteiger partial charge in [0.15, 0.2) is 0 Å². The second-order valence-corrected chi connectivity index (χ2v) is 9.87. The number of hydrogen-bond acceptors (Lipinski definition) is 4. The Hall–Kier alpha value is -1.71. The van der Waals surface area contributed by atoms with Crippen LogP contribution in [0.25, 0.3) is 10.9 Å². The molecule has 0 atom stereocenters. The molecule has 0 aliphatic carbocycles. The van der Waals surface area contributed by atoms with Crippen molar-refractivity contribution in [2.75, 3.05) is 25.5 Å². The van der Waals surface area contributed by atoms with E-state index in [9.17, 15) is 13.2 Å². The standard InChI is InChI=1S/C22H31BF3N3O2/c1-20(2)21(3,4)31-23(30-20)15-12-18(27-16-6-9-28(5)10-7-16)17-8-11-29(19(17)13-15)14-22(24,25)26/h8,11-13,16,27H,6-7,9-10,14H2,1-5H3. The van der Waals surface area contributed by atoms with E-state index in [0.29, 0.717) is 5.52 Å². The highest BCUT2D eigenvalue weighted by Crippen LogP contribution is 2.37. The van der Waals surface area contributed by atoms with Gasteiger partial charge in [0.05, 0.1) is 16.7 Å². The number of piperidine rings is 1. The molecule has 1 N–H and O–H groups in total. The van der Waals surface area contributed by atoms with Crippen LogP contribution in [-0.2, 0) is 15.9 Å². The Morgan fingerprint density at radius 2 is 1.71 bits per heavy atom. The topological polar surface area (TPSA) is 38.7 Å². The van der Waals surface area contributed by atoms with E-state index in [2.05, 4.69) is 17.3 Å². The van der Waals surface area contributed by atoms with Gasteiger partial charge in [-0.1, -0.05) is 0 Å². The van der Waals surface area contributed by atoms with Gasteiger partial charge in [-0.15, -0.1) is 0 Å². The first-order valence-corrected chi connectivity index (χ1v) is 10.8. The van der Waals surface area contributed by atoms with Crippen molar-refractivity contribution in [1.82, 2.24) is 9.47 Å². The first-order valence-electron chi connectivity index (χ1n) is 10.8. The average Bonchev–Trinajstić information content (AvgIpc) is 3.13. The van der Waals surface area contributed by atoms with E-state index in [4.69, 9.17) is 9.31 Å². The lowest BCUT2D eigenvalue weighted by molar-refractivity contribution is -0.139. The molecule has 5 nitrogen and oxygen atoms in total. The molecule has 31 heavy (non-hydrogen) atoms. The van der Waals surface area contributed by atoms with Gasteiger partial charge in [0.2, 0.25) is 0 Å². The molecule has 9 heteroatoms. The molecule has 0 amide bonds. The number of likely N-dealkylation sites (tertiary alicyclic amines) is 1. The van der Waals surface area contributed by atoms with Crippen molar-refractivity contribution < 1.29 is 22.5 Å². The number of benzene rings is 1. The number of nitrogens with zero attached hydrogens (tertiary/aromatic N) is 2. The fraction of sp³-hybridized carbons (Fsp3) is 0.636. The van der Waals surface area contributed by atoms with E-state index in [0.717, 1.165) is 42.5 Å². The Balaban J connectivity index is 1.73. The van der Waals surface area contributed by atoms with Gasteiger partial charge in [0.1, 0.15) is 6.54 Å². The molecule has 2 aliphatic heterocycles. The number of nitrogens with one attached hydrogen (secondary N) is 1. The normalized spacial score (nSPS) is 22.4. The first kappa shape index (κ1) is 22.5. The Morgan fingerprint density at radius 1 is 1.10 bits per heavy atom. The van der Waals surface area contributed by atoms with Crippen LogP contribution in [0.5, 0.6) is 0 Å². The van der Waals surface area contributed by atoms with E-state index in [1.807, 2.05) is 33.8 Å². The van der Waals surface area contributed by atoms with E-state index < -0.39 is 31.0 Å². The molecule has 2 fully saturated rings. The zero-order chi connectivity index (χ0) is 22.6. The van der Waals surface area contributed by atoms with Crippen molar-refractivity contribution >= 4 is 29.2 Å². The number of rotatable bonds is 4. The molecule has 0 unspecified atom stereocenters. The summed E-state index contributed by atoms with van der Waals surface area (Å²) < 4.78 is 53.1. The second kappa shape index (κ2) is 7.71. The predicted molar refractivity (Wildman–Crippen MR) is 118 cm³/mol. The van der Waals surface area contributed by atoms with Crippen LogP contribution in [0.15, 0.2) is 24.4 Å². The molecule has 0 saturated carbocycles. The lowest BCUT2D eigenvalue weighted by atomic mass is 9.78. The summed E-state index contributed by atoms with van der Waals surface area (Å²) in [6, 6.07) is 5.77. The average molecular weight is 437 g/mol. The number of alkyl halides is 3. The molecular weight excluding hydrogens is 406 g/mol. The maximum absolute atomic E-state index is 13.2. The van der Waals surface area contributed by atoms with Crippen LogP contribution >= 0.6 is 0 Å². The highest BCUT2D eigenvalue weighted by molar-refractivity contribution is 6.62. The van der Waals surface area contributed by atoms with E-state index >= 15 is 0 Å². The first-order chi connectivity index (χ1) is 14.3. The van der Waals surface area contributed by atoms with E-state index in [-0.39, 0.29) is 6.04 Å². The summed E-state index contributed by atoms with van der Waals surface area (Å²) in [5.41, 5.74) is 1.03. The highest BCUT2D eigenvalue weighted by Gasteiger charge is 2.52. The van der Waals surface area contributed by atoms with Gasteiger partial charge in [-0.05, 0) is 84.3 Å². The van der Waals surface area contributed by atoms with Crippen LogP contribution in [0, 0.1) is 0 Å². The van der Waals surface area contributed by atoms with Crippen molar-refractivity contribution in [3.05, 3.63) is 24.4 Å². The van der Waals surface area contributed by atoms with Gasteiger partial charge in [-0.3, -0.25) is 0 Å². The minimum absolute atomic E-state index is 0.277. The quantitative estimate of drug-likeness (QED) is 0.734. The minimum Gasteiger partial charge on any atom is -0.399 e. The van der Waals surface area contributed by atoms with Crippen LogP contribution in [0.2, 0.25) is 0 Å². The van der Waals surface area contributed by atoms with E-state index in [1.165, 1.54) is 10.8 Å². The fourth-order valence-corrected chi connectivity index (χ4v) is 4.26. The molecule has 1 aromatic heterocycles. The minimum atomic E-state index is -4.30.